The van der Waals surface area contributed by atoms with Crippen LogP contribution in [-0.2, 0) is 9.63 Å². The van der Waals surface area contributed by atoms with E-state index in [-0.39, 0.29) is 11.8 Å². The van der Waals surface area contributed by atoms with Gasteiger partial charge in [0.1, 0.15) is 0 Å². The lowest BCUT2D eigenvalue weighted by atomic mass is 9.97. The summed E-state index contributed by atoms with van der Waals surface area (Å²) in [6.45, 7) is 4.45. The van der Waals surface area contributed by atoms with Crippen molar-refractivity contribution in [1.82, 2.24) is 15.3 Å². The average molecular weight is 422 g/mol. The number of hydrogen-bond acceptors (Lipinski definition) is 4. The molecule has 0 bridgehead atoms. The van der Waals surface area contributed by atoms with Crippen LogP contribution in [0.5, 0.6) is 0 Å². The fourth-order valence-corrected chi connectivity index (χ4v) is 4.30. The van der Waals surface area contributed by atoms with Crippen molar-refractivity contribution in [3.63, 3.8) is 0 Å². The largest absolute Gasteiger partial charge is 0.352 e. The minimum Gasteiger partial charge on any atom is -0.352 e. The topological polar surface area (TPSA) is 61.9 Å². The van der Waals surface area contributed by atoms with E-state index in [2.05, 4.69) is 17.4 Å². The van der Waals surface area contributed by atoms with E-state index in [1.54, 1.807) is 0 Å². The molecule has 0 unspecified atom stereocenters. The molecule has 2 saturated heterocycles. The lowest BCUT2D eigenvalue weighted by molar-refractivity contribution is -0.140. The molecule has 2 amide bonds. The highest BCUT2D eigenvalue weighted by Crippen LogP contribution is 2.20. The zero-order chi connectivity index (χ0) is 21.5. The molecule has 4 rings (SSSR count). The van der Waals surface area contributed by atoms with Gasteiger partial charge in [0.25, 0.3) is 5.91 Å². The minimum absolute atomic E-state index is 0.0609. The quantitative estimate of drug-likeness (QED) is 0.745. The first kappa shape index (κ1) is 21.5. The van der Waals surface area contributed by atoms with E-state index in [4.69, 9.17) is 4.84 Å². The number of carbonyl (C=O) groups is 2. The summed E-state index contributed by atoms with van der Waals surface area (Å²) in [5.41, 5.74) is 2.89. The molecular weight excluding hydrogens is 390 g/mol. The standard InChI is InChI=1S/C25H31N3O3/c29-24(13-16-28-15-5-17-31-28)27-14-4-6-20(19-27)18-26-25(30)23-11-9-22(10-12-23)21-7-2-1-3-8-21/h1-3,7-12,20H,4-6,13-19H2,(H,26,30)/t20-/m1/s1. The van der Waals surface area contributed by atoms with Crippen LogP contribution >= 0.6 is 0 Å². The molecule has 0 radical (unpaired) electrons. The molecule has 2 heterocycles. The summed E-state index contributed by atoms with van der Waals surface area (Å²) < 4.78 is 0. The second-order valence-corrected chi connectivity index (χ2v) is 8.37. The van der Waals surface area contributed by atoms with Crippen LogP contribution in [0.15, 0.2) is 54.6 Å². The van der Waals surface area contributed by atoms with Crippen LogP contribution in [0.3, 0.4) is 0 Å². The Balaban J connectivity index is 1.23. The van der Waals surface area contributed by atoms with Gasteiger partial charge < -0.3 is 10.2 Å². The molecule has 1 atom stereocenters. The monoisotopic (exact) mass is 421 g/mol. The molecule has 31 heavy (non-hydrogen) atoms. The van der Waals surface area contributed by atoms with Gasteiger partial charge in [0.2, 0.25) is 5.91 Å². The maximum atomic E-state index is 12.6. The number of carbonyl (C=O) groups excluding carboxylic acids is 2. The number of rotatable bonds is 7. The van der Waals surface area contributed by atoms with Crippen LogP contribution in [-0.4, -0.2) is 61.1 Å². The summed E-state index contributed by atoms with van der Waals surface area (Å²) in [6.07, 6.45) is 3.55. The van der Waals surface area contributed by atoms with Gasteiger partial charge in [0.05, 0.1) is 6.61 Å². The highest BCUT2D eigenvalue weighted by Gasteiger charge is 2.25. The van der Waals surface area contributed by atoms with E-state index in [1.807, 2.05) is 52.4 Å². The fourth-order valence-electron chi connectivity index (χ4n) is 4.30. The molecule has 6 heteroatoms. The van der Waals surface area contributed by atoms with Gasteiger partial charge in [-0.1, -0.05) is 42.5 Å². The highest BCUT2D eigenvalue weighted by molar-refractivity contribution is 5.94. The third kappa shape index (κ3) is 5.93. The van der Waals surface area contributed by atoms with E-state index < -0.39 is 0 Å². The lowest BCUT2D eigenvalue weighted by Gasteiger charge is -2.33. The first-order valence-corrected chi connectivity index (χ1v) is 11.3. The van der Waals surface area contributed by atoms with Gasteiger partial charge in [-0.25, -0.2) is 0 Å². The Morgan fingerprint density at radius 2 is 1.74 bits per heavy atom. The van der Waals surface area contributed by atoms with Crippen molar-refractivity contribution in [2.75, 3.05) is 39.3 Å². The van der Waals surface area contributed by atoms with Gasteiger partial charge in [-0.3, -0.25) is 14.4 Å². The Morgan fingerprint density at radius 3 is 2.48 bits per heavy atom. The zero-order valence-corrected chi connectivity index (χ0v) is 18.0. The maximum Gasteiger partial charge on any atom is 0.251 e. The first-order chi connectivity index (χ1) is 15.2. The molecule has 2 fully saturated rings. The Kier molecular flexibility index (Phi) is 7.33. The SMILES string of the molecule is O=C(NC[C@H]1CCCN(C(=O)CCN2CCCO2)C1)c1ccc(-c2ccccc2)cc1. The van der Waals surface area contributed by atoms with E-state index in [1.165, 1.54) is 0 Å². The molecule has 6 nitrogen and oxygen atoms in total. The molecule has 2 aromatic rings. The van der Waals surface area contributed by atoms with Crippen LogP contribution in [0.4, 0.5) is 0 Å². The molecule has 0 saturated carbocycles. The molecular formula is C25H31N3O3. The van der Waals surface area contributed by atoms with E-state index in [9.17, 15) is 9.59 Å². The molecule has 2 aliphatic heterocycles. The fraction of sp³-hybridized carbons (Fsp3) is 0.440. The Labute approximate surface area is 184 Å². The van der Waals surface area contributed by atoms with Crippen molar-refractivity contribution >= 4 is 11.8 Å². The molecule has 164 valence electrons. The molecule has 0 aromatic heterocycles. The molecule has 2 aromatic carbocycles. The Hall–Kier alpha value is -2.70. The highest BCUT2D eigenvalue weighted by atomic mass is 16.7. The Morgan fingerprint density at radius 1 is 0.968 bits per heavy atom. The van der Waals surface area contributed by atoms with Crippen molar-refractivity contribution < 1.29 is 14.4 Å². The number of likely N-dealkylation sites (tertiary alicyclic amines) is 1. The minimum atomic E-state index is -0.0609. The van der Waals surface area contributed by atoms with Crippen LogP contribution in [0.1, 0.15) is 36.0 Å². The molecule has 1 N–H and O–H groups in total. The van der Waals surface area contributed by atoms with Gasteiger partial charge in [0.15, 0.2) is 0 Å². The predicted octanol–water partition coefficient (Wildman–Crippen LogP) is 3.35. The smallest absolute Gasteiger partial charge is 0.251 e. The molecule has 0 aliphatic carbocycles. The number of nitrogens with one attached hydrogen (secondary N) is 1. The number of hydroxylamine groups is 2. The van der Waals surface area contributed by atoms with Crippen LogP contribution in [0, 0.1) is 5.92 Å². The number of amides is 2. The van der Waals surface area contributed by atoms with Crippen LogP contribution in [0.25, 0.3) is 11.1 Å². The van der Waals surface area contributed by atoms with E-state index >= 15 is 0 Å². The number of benzene rings is 2. The summed E-state index contributed by atoms with van der Waals surface area (Å²) in [6, 6.07) is 17.8. The molecule has 0 spiro atoms. The predicted molar refractivity (Wildman–Crippen MR) is 120 cm³/mol. The number of piperidine rings is 1. The third-order valence-corrected chi connectivity index (χ3v) is 6.08. The van der Waals surface area contributed by atoms with E-state index in [0.29, 0.717) is 37.5 Å². The van der Waals surface area contributed by atoms with Gasteiger partial charge in [-0.05, 0) is 48.4 Å². The normalized spacial score (nSPS) is 19.4. The van der Waals surface area contributed by atoms with Crippen molar-refractivity contribution in [3.05, 3.63) is 60.2 Å². The lowest BCUT2D eigenvalue weighted by Crippen LogP contribution is -2.44. The van der Waals surface area contributed by atoms with Gasteiger partial charge >= 0.3 is 0 Å². The summed E-state index contributed by atoms with van der Waals surface area (Å²) in [5.74, 6) is 0.422. The second-order valence-electron chi connectivity index (χ2n) is 8.37. The summed E-state index contributed by atoms with van der Waals surface area (Å²) in [4.78, 5) is 32.6. The average Bonchev–Trinajstić information content (AvgIpc) is 3.35. The molecule has 2 aliphatic rings. The zero-order valence-electron chi connectivity index (χ0n) is 18.0. The van der Waals surface area contributed by atoms with Gasteiger partial charge in [-0.15, -0.1) is 0 Å². The third-order valence-electron chi connectivity index (χ3n) is 6.08. The summed E-state index contributed by atoms with van der Waals surface area (Å²) >= 11 is 0. The van der Waals surface area contributed by atoms with Crippen LogP contribution < -0.4 is 5.32 Å². The van der Waals surface area contributed by atoms with E-state index in [0.717, 1.165) is 50.1 Å². The van der Waals surface area contributed by atoms with Crippen molar-refractivity contribution in [3.8, 4) is 11.1 Å². The summed E-state index contributed by atoms with van der Waals surface area (Å²) in [5, 5.41) is 4.95. The number of hydrogen-bond donors (Lipinski definition) is 1. The van der Waals surface area contributed by atoms with Gasteiger partial charge in [-0.2, -0.15) is 5.06 Å². The maximum absolute atomic E-state index is 12.6. The number of nitrogens with zero attached hydrogens (tertiary/aromatic N) is 2. The summed E-state index contributed by atoms with van der Waals surface area (Å²) in [7, 11) is 0. The Bertz CT molecular complexity index is 863. The first-order valence-electron chi connectivity index (χ1n) is 11.3. The van der Waals surface area contributed by atoms with Crippen molar-refractivity contribution in [1.29, 1.82) is 0 Å². The van der Waals surface area contributed by atoms with Crippen molar-refractivity contribution in [2.24, 2.45) is 5.92 Å². The van der Waals surface area contributed by atoms with Gasteiger partial charge in [0, 0.05) is 44.7 Å². The second kappa shape index (κ2) is 10.6. The van der Waals surface area contributed by atoms with Crippen LogP contribution in [0.2, 0.25) is 0 Å². The van der Waals surface area contributed by atoms with Crippen molar-refractivity contribution in [2.45, 2.75) is 25.7 Å².